The molecule has 1 aromatic rings. The number of hydrogen-bond acceptors (Lipinski definition) is 3. The first-order valence-corrected chi connectivity index (χ1v) is 6.23. The SMILES string of the molecule is CCCC(C)(C)OC(=O)Cc1cc(Cl)ncc1F. The lowest BCUT2D eigenvalue weighted by atomic mass is 10.0. The van der Waals surface area contributed by atoms with Crippen LogP contribution in [-0.4, -0.2) is 16.6 Å². The van der Waals surface area contributed by atoms with Crippen LogP contribution in [0.2, 0.25) is 5.15 Å². The highest BCUT2D eigenvalue weighted by atomic mass is 35.5. The Kier molecular flexibility index (Phi) is 5.08. The van der Waals surface area contributed by atoms with E-state index in [1.807, 2.05) is 20.8 Å². The van der Waals surface area contributed by atoms with Gasteiger partial charge in [-0.1, -0.05) is 24.9 Å². The second-order valence-corrected chi connectivity index (χ2v) is 5.15. The highest BCUT2D eigenvalue weighted by Crippen LogP contribution is 2.19. The molecular formula is C13H17ClFNO2. The zero-order chi connectivity index (χ0) is 13.8. The number of carbonyl (C=O) groups excluding carboxylic acids is 1. The highest BCUT2D eigenvalue weighted by Gasteiger charge is 2.22. The van der Waals surface area contributed by atoms with E-state index in [2.05, 4.69) is 4.98 Å². The van der Waals surface area contributed by atoms with E-state index in [9.17, 15) is 9.18 Å². The molecule has 5 heteroatoms. The van der Waals surface area contributed by atoms with Gasteiger partial charge in [0.05, 0.1) is 12.6 Å². The lowest BCUT2D eigenvalue weighted by Crippen LogP contribution is -2.28. The Balaban J connectivity index is 2.67. The number of aromatic nitrogens is 1. The molecule has 1 aromatic heterocycles. The van der Waals surface area contributed by atoms with Gasteiger partial charge in [-0.3, -0.25) is 4.79 Å². The van der Waals surface area contributed by atoms with Crippen LogP contribution in [0.4, 0.5) is 4.39 Å². The molecule has 0 fully saturated rings. The molecule has 0 N–H and O–H groups in total. The van der Waals surface area contributed by atoms with Crippen molar-refractivity contribution < 1.29 is 13.9 Å². The average molecular weight is 274 g/mol. The van der Waals surface area contributed by atoms with Gasteiger partial charge < -0.3 is 4.74 Å². The Labute approximate surface area is 111 Å². The maximum Gasteiger partial charge on any atom is 0.310 e. The Morgan fingerprint density at radius 2 is 2.22 bits per heavy atom. The molecule has 0 saturated heterocycles. The van der Waals surface area contributed by atoms with E-state index < -0.39 is 17.4 Å². The van der Waals surface area contributed by atoms with E-state index in [-0.39, 0.29) is 17.1 Å². The summed E-state index contributed by atoms with van der Waals surface area (Å²) >= 11 is 5.65. The van der Waals surface area contributed by atoms with Crippen LogP contribution in [-0.2, 0) is 16.0 Å². The van der Waals surface area contributed by atoms with Gasteiger partial charge in [0.15, 0.2) is 0 Å². The topological polar surface area (TPSA) is 39.2 Å². The van der Waals surface area contributed by atoms with Gasteiger partial charge in [0, 0.05) is 5.56 Å². The molecule has 1 rings (SSSR count). The zero-order valence-corrected chi connectivity index (χ0v) is 11.6. The molecule has 0 aliphatic carbocycles. The maximum atomic E-state index is 13.4. The predicted octanol–water partition coefficient (Wildman–Crippen LogP) is 3.54. The van der Waals surface area contributed by atoms with E-state index >= 15 is 0 Å². The molecule has 1 heterocycles. The Hall–Kier alpha value is -1.16. The number of ether oxygens (including phenoxy) is 1. The van der Waals surface area contributed by atoms with Crippen molar-refractivity contribution in [1.82, 2.24) is 4.98 Å². The third-order valence-corrected chi connectivity index (χ3v) is 2.69. The minimum Gasteiger partial charge on any atom is -0.459 e. The number of pyridine rings is 1. The van der Waals surface area contributed by atoms with Gasteiger partial charge in [-0.2, -0.15) is 0 Å². The van der Waals surface area contributed by atoms with Crippen molar-refractivity contribution in [2.75, 3.05) is 0 Å². The first-order valence-electron chi connectivity index (χ1n) is 5.86. The van der Waals surface area contributed by atoms with E-state index in [1.54, 1.807) is 0 Å². The maximum absolute atomic E-state index is 13.4. The molecule has 0 bridgehead atoms. The number of esters is 1. The fourth-order valence-corrected chi connectivity index (χ4v) is 1.92. The van der Waals surface area contributed by atoms with E-state index in [1.165, 1.54) is 6.07 Å². The van der Waals surface area contributed by atoms with Gasteiger partial charge in [-0.25, -0.2) is 9.37 Å². The molecule has 0 saturated carbocycles. The molecule has 0 amide bonds. The standard InChI is InChI=1S/C13H17ClFNO2/c1-4-5-13(2,3)18-12(17)7-9-6-11(14)16-8-10(9)15/h6,8H,4-5,7H2,1-3H3. The Bertz CT molecular complexity index is 435. The number of hydrogen-bond donors (Lipinski definition) is 0. The number of halogens is 2. The molecule has 0 aliphatic rings. The number of rotatable bonds is 5. The first kappa shape index (κ1) is 14.9. The number of nitrogens with zero attached hydrogens (tertiary/aromatic N) is 1. The molecule has 0 spiro atoms. The van der Waals surface area contributed by atoms with Crippen LogP contribution in [0.15, 0.2) is 12.3 Å². The molecule has 100 valence electrons. The molecule has 0 aromatic carbocycles. The van der Waals surface area contributed by atoms with Crippen molar-refractivity contribution in [3.8, 4) is 0 Å². The van der Waals surface area contributed by atoms with E-state index in [0.717, 1.165) is 19.0 Å². The second kappa shape index (κ2) is 6.14. The molecule has 3 nitrogen and oxygen atoms in total. The van der Waals surface area contributed by atoms with Crippen LogP contribution in [0.5, 0.6) is 0 Å². The van der Waals surface area contributed by atoms with Crippen molar-refractivity contribution in [2.24, 2.45) is 0 Å². The summed E-state index contributed by atoms with van der Waals surface area (Å²) in [6.45, 7) is 5.69. The van der Waals surface area contributed by atoms with Crippen molar-refractivity contribution >= 4 is 17.6 Å². The Morgan fingerprint density at radius 1 is 1.56 bits per heavy atom. The summed E-state index contributed by atoms with van der Waals surface area (Å²) in [5.74, 6) is -1.01. The monoisotopic (exact) mass is 273 g/mol. The minimum atomic E-state index is -0.551. The zero-order valence-electron chi connectivity index (χ0n) is 10.8. The number of carbonyl (C=O) groups is 1. The van der Waals surface area contributed by atoms with Crippen LogP contribution < -0.4 is 0 Å². The van der Waals surface area contributed by atoms with Gasteiger partial charge >= 0.3 is 5.97 Å². The molecule has 0 radical (unpaired) electrons. The van der Waals surface area contributed by atoms with Crippen molar-refractivity contribution in [2.45, 2.75) is 45.6 Å². The van der Waals surface area contributed by atoms with E-state index in [4.69, 9.17) is 16.3 Å². The van der Waals surface area contributed by atoms with Crippen LogP contribution in [0.25, 0.3) is 0 Å². The molecular weight excluding hydrogens is 257 g/mol. The van der Waals surface area contributed by atoms with Crippen molar-refractivity contribution in [3.05, 3.63) is 28.8 Å². The summed E-state index contributed by atoms with van der Waals surface area (Å²) in [5.41, 5.74) is -0.327. The highest BCUT2D eigenvalue weighted by molar-refractivity contribution is 6.29. The van der Waals surface area contributed by atoms with Crippen LogP contribution >= 0.6 is 11.6 Å². The van der Waals surface area contributed by atoms with Crippen LogP contribution in [0.3, 0.4) is 0 Å². The molecule has 18 heavy (non-hydrogen) atoms. The lowest BCUT2D eigenvalue weighted by Gasteiger charge is -2.24. The normalized spacial score (nSPS) is 11.4. The van der Waals surface area contributed by atoms with E-state index in [0.29, 0.717) is 0 Å². The van der Waals surface area contributed by atoms with Crippen molar-refractivity contribution in [1.29, 1.82) is 0 Å². The van der Waals surface area contributed by atoms with Crippen LogP contribution in [0, 0.1) is 5.82 Å². The van der Waals surface area contributed by atoms with Crippen molar-refractivity contribution in [3.63, 3.8) is 0 Å². The van der Waals surface area contributed by atoms with Gasteiger partial charge in [-0.05, 0) is 26.3 Å². The minimum absolute atomic E-state index is 0.138. The van der Waals surface area contributed by atoms with Gasteiger partial charge in [-0.15, -0.1) is 0 Å². The van der Waals surface area contributed by atoms with Gasteiger partial charge in [0.1, 0.15) is 16.6 Å². The average Bonchev–Trinajstić information content (AvgIpc) is 2.22. The lowest BCUT2D eigenvalue weighted by molar-refractivity contribution is -0.156. The summed E-state index contributed by atoms with van der Waals surface area (Å²) in [7, 11) is 0. The largest absolute Gasteiger partial charge is 0.459 e. The first-order chi connectivity index (χ1) is 8.34. The summed E-state index contributed by atoms with van der Waals surface area (Å²) in [5, 5.41) is 0.159. The third kappa shape index (κ3) is 4.61. The molecule has 0 atom stereocenters. The Morgan fingerprint density at radius 3 is 2.83 bits per heavy atom. The molecule has 0 unspecified atom stereocenters. The summed E-state index contributed by atoms with van der Waals surface area (Å²) in [6.07, 6.45) is 2.54. The summed E-state index contributed by atoms with van der Waals surface area (Å²) < 4.78 is 18.7. The fourth-order valence-electron chi connectivity index (χ4n) is 1.74. The van der Waals surface area contributed by atoms with Gasteiger partial charge in [0.25, 0.3) is 0 Å². The summed E-state index contributed by atoms with van der Waals surface area (Å²) in [4.78, 5) is 15.3. The summed E-state index contributed by atoms with van der Waals surface area (Å²) in [6, 6.07) is 1.34. The molecule has 0 aliphatic heterocycles. The smallest absolute Gasteiger partial charge is 0.310 e. The van der Waals surface area contributed by atoms with Crippen LogP contribution in [0.1, 0.15) is 39.2 Å². The predicted molar refractivity (Wildman–Crippen MR) is 68.0 cm³/mol. The quantitative estimate of drug-likeness (QED) is 0.608. The van der Waals surface area contributed by atoms with Gasteiger partial charge in [0.2, 0.25) is 0 Å². The second-order valence-electron chi connectivity index (χ2n) is 4.76. The third-order valence-electron chi connectivity index (χ3n) is 2.48. The fraction of sp³-hybridized carbons (Fsp3) is 0.538.